The zero-order chi connectivity index (χ0) is 23.1. The maximum atomic E-state index is 10.3. The molecule has 0 aliphatic carbocycles. The molecule has 6 heteroatoms. The molecule has 0 aromatic carbocycles. The average molecular weight is 457 g/mol. The highest BCUT2D eigenvalue weighted by atomic mass is 16.5. The third kappa shape index (κ3) is 18.8. The standard InChI is InChI=1S/C16H32O2.C10H20N2O2/c1-2-3-4-5-6-7-8-9-10-11-12-13-14-15-16(17)18;1(11-3-7-13-8-4-11)2-12-5-9-14-10-6-12/h2-15H2,1H3,(H,17,18);1-10H2. The zero-order valence-electron chi connectivity index (χ0n) is 21.0. The van der Waals surface area contributed by atoms with Crippen LogP contribution in [0.5, 0.6) is 0 Å². The van der Waals surface area contributed by atoms with E-state index in [1.165, 1.54) is 83.7 Å². The third-order valence-corrected chi connectivity index (χ3v) is 6.43. The average Bonchev–Trinajstić information content (AvgIpc) is 2.82. The van der Waals surface area contributed by atoms with E-state index >= 15 is 0 Å². The minimum Gasteiger partial charge on any atom is -0.481 e. The molecule has 0 unspecified atom stereocenters. The van der Waals surface area contributed by atoms with Crippen molar-refractivity contribution in [3.8, 4) is 0 Å². The number of nitrogens with zero attached hydrogens (tertiary/aromatic N) is 2. The number of unbranched alkanes of at least 4 members (excludes halogenated alkanes) is 12. The van der Waals surface area contributed by atoms with E-state index in [1.807, 2.05) is 0 Å². The van der Waals surface area contributed by atoms with Crippen LogP contribution < -0.4 is 0 Å². The molecule has 0 atom stereocenters. The quantitative estimate of drug-likeness (QED) is 0.303. The third-order valence-electron chi connectivity index (χ3n) is 6.43. The van der Waals surface area contributed by atoms with Gasteiger partial charge in [0, 0.05) is 45.7 Å². The molecule has 6 nitrogen and oxygen atoms in total. The fourth-order valence-electron chi connectivity index (χ4n) is 4.23. The fourth-order valence-corrected chi connectivity index (χ4v) is 4.23. The van der Waals surface area contributed by atoms with E-state index in [0.717, 1.165) is 65.4 Å². The van der Waals surface area contributed by atoms with Gasteiger partial charge in [0.25, 0.3) is 0 Å². The van der Waals surface area contributed by atoms with Crippen molar-refractivity contribution in [3.63, 3.8) is 0 Å². The van der Waals surface area contributed by atoms with Crippen LogP contribution in [-0.2, 0) is 14.3 Å². The summed E-state index contributed by atoms with van der Waals surface area (Å²) < 4.78 is 10.6. The van der Waals surface area contributed by atoms with Gasteiger partial charge in [0.1, 0.15) is 0 Å². The zero-order valence-corrected chi connectivity index (χ0v) is 21.0. The van der Waals surface area contributed by atoms with Gasteiger partial charge in [-0.05, 0) is 6.42 Å². The van der Waals surface area contributed by atoms with Crippen LogP contribution in [0.2, 0.25) is 0 Å². The second kappa shape index (κ2) is 22.1. The van der Waals surface area contributed by atoms with Gasteiger partial charge in [-0.15, -0.1) is 0 Å². The number of aliphatic carboxylic acids is 1. The topological polar surface area (TPSA) is 62.2 Å². The molecule has 0 aromatic rings. The number of carbonyl (C=O) groups is 1. The van der Waals surface area contributed by atoms with E-state index in [0.29, 0.717) is 6.42 Å². The Bertz CT molecular complexity index is 393. The smallest absolute Gasteiger partial charge is 0.303 e. The van der Waals surface area contributed by atoms with Crippen LogP contribution in [-0.4, -0.2) is 86.6 Å². The Morgan fingerprint density at radius 3 is 1.31 bits per heavy atom. The molecule has 2 fully saturated rings. The Morgan fingerprint density at radius 2 is 0.969 bits per heavy atom. The van der Waals surface area contributed by atoms with Crippen molar-refractivity contribution in [3.05, 3.63) is 0 Å². The van der Waals surface area contributed by atoms with Crippen molar-refractivity contribution in [2.45, 2.75) is 96.8 Å². The van der Waals surface area contributed by atoms with Crippen molar-refractivity contribution in [2.24, 2.45) is 0 Å². The second-order valence-electron chi connectivity index (χ2n) is 9.29. The van der Waals surface area contributed by atoms with Gasteiger partial charge in [0.05, 0.1) is 26.4 Å². The van der Waals surface area contributed by atoms with Gasteiger partial charge in [0.15, 0.2) is 0 Å². The minimum absolute atomic E-state index is 0.345. The predicted octanol–water partition coefficient (Wildman–Crippen LogP) is 5.20. The van der Waals surface area contributed by atoms with Gasteiger partial charge in [-0.2, -0.15) is 0 Å². The first-order valence-electron chi connectivity index (χ1n) is 13.5. The lowest BCUT2D eigenvalue weighted by Gasteiger charge is -2.31. The maximum absolute atomic E-state index is 10.3. The summed E-state index contributed by atoms with van der Waals surface area (Å²) in [5.74, 6) is -0.655. The predicted molar refractivity (Wildman–Crippen MR) is 132 cm³/mol. The van der Waals surface area contributed by atoms with Crippen LogP contribution in [0.15, 0.2) is 0 Å². The first-order chi connectivity index (χ1) is 15.7. The lowest BCUT2D eigenvalue weighted by molar-refractivity contribution is -0.137. The molecule has 0 amide bonds. The molecule has 2 saturated heterocycles. The van der Waals surface area contributed by atoms with Crippen molar-refractivity contribution in [1.29, 1.82) is 0 Å². The van der Waals surface area contributed by atoms with Gasteiger partial charge in [-0.25, -0.2) is 0 Å². The summed E-state index contributed by atoms with van der Waals surface area (Å²) in [4.78, 5) is 15.3. The normalized spacial score (nSPS) is 17.7. The van der Waals surface area contributed by atoms with Crippen LogP contribution in [0.3, 0.4) is 0 Å². The van der Waals surface area contributed by atoms with Crippen molar-refractivity contribution < 1.29 is 19.4 Å². The van der Waals surface area contributed by atoms with E-state index in [-0.39, 0.29) is 0 Å². The molecule has 0 radical (unpaired) electrons. The second-order valence-corrected chi connectivity index (χ2v) is 9.29. The van der Waals surface area contributed by atoms with E-state index < -0.39 is 5.97 Å². The molecule has 2 heterocycles. The molecule has 0 saturated carbocycles. The number of morpholine rings is 2. The van der Waals surface area contributed by atoms with Crippen LogP contribution in [0.1, 0.15) is 96.8 Å². The summed E-state index contributed by atoms with van der Waals surface area (Å²) in [7, 11) is 0. The highest BCUT2D eigenvalue weighted by molar-refractivity contribution is 5.66. The summed E-state index contributed by atoms with van der Waals surface area (Å²) >= 11 is 0. The summed E-state index contributed by atoms with van der Waals surface area (Å²) in [5.41, 5.74) is 0. The molecule has 0 aromatic heterocycles. The fraction of sp³-hybridized carbons (Fsp3) is 0.962. The first-order valence-corrected chi connectivity index (χ1v) is 13.5. The van der Waals surface area contributed by atoms with Gasteiger partial charge in [-0.3, -0.25) is 14.6 Å². The number of rotatable bonds is 17. The number of ether oxygens (including phenoxy) is 2. The highest BCUT2D eigenvalue weighted by Gasteiger charge is 2.14. The van der Waals surface area contributed by atoms with E-state index in [2.05, 4.69) is 16.7 Å². The van der Waals surface area contributed by atoms with Gasteiger partial charge < -0.3 is 14.6 Å². The Balaban J connectivity index is 0.000000328. The van der Waals surface area contributed by atoms with Crippen LogP contribution in [0.25, 0.3) is 0 Å². The SMILES string of the molecule is C1CN(CCN2CCOCC2)CCO1.CCCCCCCCCCCCCCCC(=O)O. The molecule has 2 rings (SSSR count). The molecule has 190 valence electrons. The summed E-state index contributed by atoms with van der Waals surface area (Å²) in [5, 5.41) is 8.49. The van der Waals surface area contributed by atoms with E-state index in [4.69, 9.17) is 14.6 Å². The first kappa shape index (κ1) is 29.3. The molecular formula is C26H52N2O4. The Morgan fingerprint density at radius 1 is 0.625 bits per heavy atom. The van der Waals surface area contributed by atoms with Gasteiger partial charge >= 0.3 is 5.97 Å². The van der Waals surface area contributed by atoms with Gasteiger partial charge in [0.2, 0.25) is 0 Å². The number of hydrogen-bond donors (Lipinski definition) is 1. The number of hydrogen-bond acceptors (Lipinski definition) is 5. The van der Waals surface area contributed by atoms with E-state index in [9.17, 15) is 4.79 Å². The lowest BCUT2D eigenvalue weighted by atomic mass is 10.0. The Labute approximate surface area is 198 Å². The van der Waals surface area contributed by atoms with Crippen LogP contribution in [0.4, 0.5) is 0 Å². The van der Waals surface area contributed by atoms with Gasteiger partial charge in [-0.1, -0.05) is 84.0 Å². The monoisotopic (exact) mass is 456 g/mol. The Hall–Kier alpha value is -0.690. The van der Waals surface area contributed by atoms with Crippen molar-refractivity contribution >= 4 is 5.97 Å². The lowest BCUT2D eigenvalue weighted by Crippen LogP contribution is -2.44. The molecule has 2 aliphatic rings. The Kier molecular flexibility index (Phi) is 20.3. The molecule has 0 spiro atoms. The maximum Gasteiger partial charge on any atom is 0.303 e. The van der Waals surface area contributed by atoms with Crippen LogP contribution in [0, 0.1) is 0 Å². The summed E-state index contributed by atoms with van der Waals surface area (Å²) in [6.07, 6.45) is 17.3. The molecule has 0 bridgehead atoms. The molecular weight excluding hydrogens is 404 g/mol. The molecule has 1 N–H and O–H groups in total. The number of carboxylic acids is 1. The van der Waals surface area contributed by atoms with Crippen molar-refractivity contribution in [1.82, 2.24) is 9.80 Å². The van der Waals surface area contributed by atoms with E-state index in [1.54, 1.807) is 0 Å². The van der Waals surface area contributed by atoms with Crippen LogP contribution >= 0.6 is 0 Å². The summed E-state index contributed by atoms with van der Waals surface area (Å²) in [6.45, 7) is 12.7. The van der Waals surface area contributed by atoms with Crippen molar-refractivity contribution in [2.75, 3.05) is 65.7 Å². The largest absolute Gasteiger partial charge is 0.481 e. The minimum atomic E-state index is -0.655. The number of carboxylic acid groups (broad SMARTS) is 1. The summed E-state index contributed by atoms with van der Waals surface area (Å²) in [6, 6.07) is 0. The molecule has 2 aliphatic heterocycles. The highest BCUT2D eigenvalue weighted by Crippen LogP contribution is 2.12. The molecule has 32 heavy (non-hydrogen) atoms.